The molecule has 0 radical (unpaired) electrons. The van der Waals surface area contributed by atoms with Gasteiger partial charge in [-0.05, 0) is 122 Å². The summed E-state index contributed by atoms with van der Waals surface area (Å²) in [6.07, 6.45) is 1.84. The first kappa shape index (κ1) is 32.2. The van der Waals surface area contributed by atoms with E-state index in [1.807, 2.05) is 54.6 Å². The summed E-state index contributed by atoms with van der Waals surface area (Å²) in [5, 5.41) is 0.654. The number of esters is 1. The predicted octanol–water partition coefficient (Wildman–Crippen LogP) is 7.01. The molecule has 0 unspecified atom stereocenters. The lowest BCUT2D eigenvalue weighted by molar-refractivity contribution is -0.139. The number of nitrogens with zero attached hydrogens (tertiary/aromatic N) is 2. The normalized spacial score (nSPS) is 14.8. The van der Waals surface area contributed by atoms with Gasteiger partial charge in [-0.25, -0.2) is 9.79 Å². The summed E-state index contributed by atoms with van der Waals surface area (Å²) < 4.78 is 21.5. The van der Waals surface area contributed by atoms with Crippen molar-refractivity contribution in [1.82, 2.24) is 4.57 Å². The Morgan fingerprint density at radius 3 is 2.53 bits per heavy atom. The number of thiazole rings is 1. The largest absolute Gasteiger partial charge is 0.496 e. The number of benzene rings is 3. The van der Waals surface area contributed by atoms with Crippen LogP contribution in [0, 0.1) is 7.14 Å². The van der Waals surface area contributed by atoms with E-state index in [-0.39, 0.29) is 12.2 Å². The van der Waals surface area contributed by atoms with E-state index in [1.165, 1.54) is 11.3 Å². The smallest absolute Gasteiger partial charge is 0.338 e. The van der Waals surface area contributed by atoms with Crippen molar-refractivity contribution in [1.29, 1.82) is 0 Å². The summed E-state index contributed by atoms with van der Waals surface area (Å²) in [5.74, 6) is 0.879. The van der Waals surface area contributed by atoms with Crippen LogP contribution in [0.2, 0.25) is 5.02 Å². The topological polar surface area (TPSA) is 79.1 Å². The van der Waals surface area contributed by atoms with Crippen LogP contribution in [0.1, 0.15) is 36.6 Å². The van der Waals surface area contributed by atoms with Gasteiger partial charge in [-0.2, -0.15) is 0 Å². The van der Waals surface area contributed by atoms with Crippen LogP contribution in [0.3, 0.4) is 0 Å². The van der Waals surface area contributed by atoms with Gasteiger partial charge in [0.05, 0.1) is 47.2 Å². The number of methoxy groups -OCH3 is 1. The number of hydrogen-bond acceptors (Lipinski definition) is 7. The van der Waals surface area contributed by atoms with E-state index in [2.05, 4.69) is 66.1 Å². The number of carbonyl (C=O) groups is 1. The monoisotopic (exact) mass is 904 g/mol. The Bertz CT molecular complexity index is 1930. The van der Waals surface area contributed by atoms with Crippen molar-refractivity contribution in [3.63, 3.8) is 0 Å². The summed E-state index contributed by atoms with van der Waals surface area (Å²) in [4.78, 5) is 32.3. The van der Waals surface area contributed by atoms with Gasteiger partial charge in [0.1, 0.15) is 18.1 Å². The molecule has 1 atom stereocenters. The Morgan fingerprint density at radius 1 is 1.16 bits per heavy atom. The fourth-order valence-electron chi connectivity index (χ4n) is 4.68. The zero-order chi connectivity index (χ0) is 30.8. The van der Waals surface area contributed by atoms with Crippen molar-refractivity contribution in [2.75, 3.05) is 13.7 Å². The molecule has 0 N–H and O–H groups in total. The fraction of sp³-hybridized carbons (Fsp3) is 0.194. The average Bonchev–Trinajstić information content (AvgIpc) is 3.26. The Kier molecular flexibility index (Phi) is 10.4. The number of ether oxygens (including phenoxy) is 3. The maximum atomic E-state index is 14.0. The molecule has 1 aliphatic heterocycles. The van der Waals surface area contributed by atoms with Gasteiger partial charge in [-0.15, -0.1) is 0 Å². The molecule has 1 aromatic heterocycles. The lowest BCUT2D eigenvalue weighted by Crippen LogP contribution is -2.40. The first-order valence-electron chi connectivity index (χ1n) is 13.0. The second-order valence-corrected chi connectivity index (χ2v) is 14.0. The minimum absolute atomic E-state index is 0.203. The van der Waals surface area contributed by atoms with Gasteiger partial charge < -0.3 is 14.2 Å². The molecule has 0 amide bonds. The van der Waals surface area contributed by atoms with Gasteiger partial charge in [-0.1, -0.05) is 47.2 Å². The van der Waals surface area contributed by atoms with Gasteiger partial charge in [0.15, 0.2) is 4.80 Å². The second-order valence-electron chi connectivity index (χ2n) is 9.39. The maximum absolute atomic E-state index is 14.0. The average molecular weight is 906 g/mol. The Hall–Kier alpha value is -2.20. The van der Waals surface area contributed by atoms with Crippen LogP contribution in [0.15, 0.2) is 80.1 Å². The molecular weight excluding hydrogens is 882 g/mol. The molecule has 0 aliphatic carbocycles. The van der Waals surface area contributed by atoms with E-state index in [0.717, 1.165) is 29.6 Å². The molecule has 0 fully saturated rings. The molecule has 0 spiro atoms. The van der Waals surface area contributed by atoms with Crippen molar-refractivity contribution >= 4 is 96.1 Å². The lowest BCUT2D eigenvalue weighted by atomic mass is 9.96. The molecule has 5 rings (SSSR count). The van der Waals surface area contributed by atoms with Crippen molar-refractivity contribution in [3.05, 3.63) is 119 Å². The van der Waals surface area contributed by atoms with E-state index in [1.54, 1.807) is 31.6 Å². The Morgan fingerprint density at radius 2 is 1.88 bits per heavy atom. The predicted molar refractivity (Wildman–Crippen MR) is 189 cm³/mol. The number of fused-ring (bicyclic) bond motifs is 1. The molecule has 12 heteroatoms. The SMILES string of the molecule is CCOC(=O)C1=C(C)N=c2s/c(=C\c3cc(I)c(OCc4ccccc4Cl)c(I)c3)c(=O)n2[C@H]1c1ccc(OC)c(Br)c1. The first-order chi connectivity index (χ1) is 20.6. The van der Waals surface area contributed by atoms with E-state index in [9.17, 15) is 9.59 Å². The molecule has 0 saturated heterocycles. The van der Waals surface area contributed by atoms with Crippen LogP contribution in [-0.2, 0) is 16.1 Å². The van der Waals surface area contributed by atoms with Gasteiger partial charge in [-0.3, -0.25) is 9.36 Å². The standard InChI is InChI=1S/C31H24BrClI2N2O5S/c1-4-41-30(39)26-16(2)36-31-37(27(26)18-9-10-24(40-3)20(32)14-18)29(38)25(43-31)13-17-11-22(34)28(23(35)12-17)42-15-19-7-5-6-8-21(19)33/h5-14,27H,4,15H2,1-3H3/b25-13-/t27-/m0/s1. The Labute approximate surface area is 292 Å². The number of hydrogen-bond donors (Lipinski definition) is 0. The molecular formula is C31H24BrClI2N2O5S. The maximum Gasteiger partial charge on any atom is 0.338 e. The second kappa shape index (κ2) is 13.8. The van der Waals surface area contributed by atoms with E-state index < -0.39 is 12.0 Å². The molecule has 0 bridgehead atoms. The number of allylic oxidation sites excluding steroid dienone is 1. The van der Waals surface area contributed by atoms with E-state index in [4.69, 9.17) is 25.8 Å². The van der Waals surface area contributed by atoms with Crippen molar-refractivity contribution in [2.45, 2.75) is 26.5 Å². The molecule has 4 aromatic rings. The van der Waals surface area contributed by atoms with Gasteiger partial charge >= 0.3 is 5.97 Å². The highest BCUT2D eigenvalue weighted by atomic mass is 127. The molecule has 222 valence electrons. The highest BCUT2D eigenvalue weighted by Gasteiger charge is 2.33. The fourth-order valence-corrected chi connectivity index (χ4v) is 8.60. The number of carbonyl (C=O) groups excluding carboxylic acids is 1. The molecule has 1 aliphatic rings. The summed E-state index contributed by atoms with van der Waals surface area (Å²) in [5.41, 5.74) is 3.04. The van der Waals surface area contributed by atoms with Crippen molar-refractivity contribution < 1.29 is 19.0 Å². The summed E-state index contributed by atoms with van der Waals surface area (Å²) >= 11 is 15.6. The minimum Gasteiger partial charge on any atom is -0.496 e. The zero-order valence-corrected chi connectivity index (χ0v) is 30.6. The van der Waals surface area contributed by atoms with Gasteiger partial charge in [0, 0.05) is 10.6 Å². The van der Waals surface area contributed by atoms with E-state index >= 15 is 0 Å². The lowest BCUT2D eigenvalue weighted by Gasteiger charge is -2.25. The summed E-state index contributed by atoms with van der Waals surface area (Å²) in [6.45, 7) is 4.06. The van der Waals surface area contributed by atoms with Crippen LogP contribution in [0.4, 0.5) is 0 Å². The highest BCUT2D eigenvalue weighted by Crippen LogP contribution is 2.35. The molecule has 7 nitrogen and oxygen atoms in total. The third-order valence-corrected chi connectivity index (χ3v) is 10.2. The number of aromatic nitrogens is 1. The first-order valence-corrected chi connectivity index (χ1v) is 17.2. The van der Waals surface area contributed by atoms with Crippen LogP contribution >= 0.6 is 84.0 Å². The van der Waals surface area contributed by atoms with Crippen LogP contribution in [-0.4, -0.2) is 24.3 Å². The van der Waals surface area contributed by atoms with Crippen molar-refractivity contribution in [2.24, 2.45) is 4.99 Å². The Balaban J connectivity index is 1.58. The quantitative estimate of drug-likeness (QED) is 0.141. The summed E-state index contributed by atoms with van der Waals surface area (Å²) in [6, 6.07) is 16.3. The minimum atomic E-state index is -0.722. The highest BCUT2D eigenvalue weighted by molar-refractivity contribution is 14.1. The van der Waals surface area contributed by atoms with Crippen LogP contribution in [0.25, 0.3) is 6.08 Å². The summed E-state index contributed by atoms with van der Waals surface area (Å²) in [7, 11) is 1.58. The molecule has 43 heavy (non-hydrogen) atoms. The number of halogens is 4. The number of rotatable bonds is 8. The van der Waals surface area contributed by atoms with Crippen LogP contribution in [0.5, 0.6) is 11.5 Å². The third-order valence-electron chi connectivity index (χ3n) is 6.66. The van der Waals surface area contributed by atoms with E-state index in [0.29, 0.717) is 42.5 Å². The van der Waals surface area contributed by atoms with Gasteiger partial charge in [0.2, 0.25) is 0 Å². The molecule has 2 heterocycles. The molecule has 0 saturated carbocycles. The van der Waals surface area contributed by atoms with Crippen LogP contribution < -0.4 is 24.4 Å². The zero-order valence-electron chi connectivity index (χ0n) is 23.1. The molecule has 3 aromatic carbocycles. The van der Waals surface area contributed by atoms with Gasteiger partial charge in [0.25, 0.3) is 5.56 Å². The third kappa shape index (κ3) is 6.75. The van der Waals surface area contributed by atoms with Crippen molar-refractivity contribution in [3.8, 4) is 11.5 Å².